The van der Waals surface area contributed by atoms with Gasteiger partial charge in [-0.1, -0.05) is 13.3 Å². The fourth-order valence-electron chi connectivity index (χ4n) is 2.99. The zero-order valence-corrected chi connectivity index (χ0v) is 13.8. The van der Waals surface area contributed by atoms with Gasteiger partial charge in [0.25, 0.3) is 0 Å². The standard InChI is InChI=1S/C18H17FN6/c1-2-4-15-14(23-11-16-20-8-10-25(15)16)12-24-9-7-22-18(24)17-13(19)5-3-6-21-17/h3,5-11H,2,4,12H2,1H3. The van der Waals surface area contributed by atoms with Gasteiger partial charge in [0.15, 0.2) is 17.3 Å². The van der Waals surface area contributed by atoms with Crippen LogP contribution >= 0.6 is 0 Å². The summed E-state index contributed by atoms with van der Waals surface area (Å²) in [5, 5.41) is 0. The van der Waals surface area contributed by atoms with Crippen LogP contribution in [0.5, 0.6) is 0 Å². The number of halogens is 1. The first-order chi connectivity index (χ1) is 12.3. The summed E-state index contributed by atoms with van der Waals surface area (Å²) in [6, 6.07) is 2.96. The molecule has 0 aliphatic carbocycles. The third-order valence-corrected chi connectivity index (χ3v) is 4.12. The molecule has 4 aromatic rings. The van der Waals surface area contributed by atoms with Crippen LogP contribution in [0.3, 0.4) is 0 Å². The SMILES string of the molecule is CCCc1c(Cn2ccnc2-c2ncccc2F)ncc2nccn12. The number of rotatable bonds is 5. The number of imidazole rings is 2. The van der Waals surface area contributed by atoms with Crippen LogP contribution in [-0.2, 0) is 13.0 Å². The molecule has 25 heavy (non-hydrogen) atoms. The van der Waals surface area contributed by atoms with E-state index in [-0.39, 0.29) is 11.5 Å². The van der Waals surface area contributed by atoms with Crippen molar-refractivity contribution in [2.24, 2.45) is 0 Å². The number of aromatic nitrogens is 6. The van der Waals surface area contributed by atoms with Crippen LogP contribution < -0.4 is 0 Å². The predicted molar refractivity (Wildman–Crippen MR) is 91.5 cm³/mol. The number of aryl methyl sites for hydroxylation is 1. The van der Waals surface area contributed by atoms with Crippen molar-refractivity contribution in [2.75, 3.05) is 0 Å². The molecule has 0 amide bonds. The quantitative estimate of drug-likeness (QED) is 0.562. The predicted octanol–water partition coefficient (Wildman–Crippen LogP) is 3.13. The minimum absolute atomic E-state index is 0.244. The van der Waals surface area contributed by atoms with Gasteiger partial charge in [-0.3, -0.25) is 4.98 Å². The van der Waals surface area contributed by atoms with Crippen molar-refractivity contribution in [3.05, 3.63) is 66.5 Å². The Morgan fingerprint density at radius 3 is 2.76 bits per heavy atom. The minimum Gasteiger partial charge on any atom is -0.324 e. The summed E-state index contributed by atoms with van der Waals surface area (Å²) in [6.45, 7) is 2.63. The Morgan fingerprint density at radius 2 is 1.92 bits per heavy atom. The van der Waals surface area contributed by atoms with Crippen molar-refractivity contribution in [1.82, 2.24) is 28.9 Å². The summed E-state index contributed by atoms with van der Waals surface area (Å²) in [6.07, 6.45) is 12.4. The fourth-order valence-corrected chi connectivity index (χ4v) is 2.99. The number of hydrogen-bond donors (Lipinski definition) is 0. The Morgan fingerprint density at radius 1 is 1.04 bits per heavy atom. The van der Waals surface area contributed by atoms with Gasteiger partial charge >= 0.3 is 0 Å². The summed E-state index contributed by atoms with van der Waals surface area (Å²) in [4.78, 5) is 17.3. The van der Waals surface area contributed by atoms with E-state index in [1.54, 1.807) is 30.9 Å². The van der Waals surface area contributed by atoms with Gasteiger partial charge in [0.05, 0.1) is 18.4 Å². The van der Waals surface area contributed by atoms with Gasteiger partial charge < -0.3 is 8.97 Å². The summed E-state index contributed by atoms with van der Waals surface area (Å²) < 4.78 is 18.0. The van der Waals surface area contributed by atoms with Gasteiger partial charge in [-0.25, -0.2) is 19.3 Å². The van der Waals surface area contributed by atoms with E-state index in [9.17, 15) is 4.39 Å². The van der Waals surface area contributed by atoms with E-state index in [0.717, 1.165) is 29.9 Å². The van der Waals surface area contributed by atoms with Crippen LogP contribution in [0.15, 0.2) is 49.3 Å². The lowest BCUT2D eigenvalue weighted by Crippen LogP contribution is -2.11. The molecule has 0 aliphatic rings. The monoisotopic (exact) mass is 336 g/mol. The average molecular weight is 336 g/mol. The number of pyridine rings is 1. The van der Waals surface area contributed by atoms with Gasteiger partial charge in [0.2, 0.25) is 0 Å². The Kier molecular flexibility index (Phi) is 3.97. The molecule has 0 spiro atoms. The van der Waals surface area contributed by atoms with E-state index in [1.165, 1.54) is 6.07 Å². The maximum absolute atomic E-state index is 14.1. The van der Waals surface area contributed by atoms with E-state index in [4.69, 9.17) is 0 Å². The van der Waals surface area contributed by atoms with E-state index in [2.05, 4.69) is 31.3 Å². The molecular formula is C18H17FN6. The number of hydrogen-bond acceptors (Lipinski definition) is 4. The fraction of sp³-hybridized carbons (Fsp3) is 0.222. The average Bonchev–Trinajstić information content (AvgIpc) is 3.27. The second-order valence-corrected chi connectivity index (χ2v) is 5.77. The maximum atomic E-state index is 14.1. The van der Waals surface area contributed by atoms with E-state index >= 15 is 0 Å². The number of fused-ring (bicyclic) bond motifs is 1. The van der Waals surface area contributed by atoms with Gasteiger partial charge in [0, 0.05) is 36.7 Å². The van der Waals surface area contributed by atoms with Gasteiger partial charge in [-0.2, -0.15) is 0 Å². The van der Waals surface area contributed by atoms with Gasteiger partial charge in [0.1, 0.15) is 5.69 Å². The number of nitrogens with zero attached hydrogens (tertiary/aromatic N) is 6. The molecule has 4 rings (SSSR count). The topological polar surface area (TPSA) is 60.9 Å². The maximum Gasteiger partial charge on any atom is 0.162 e. The van der Waals surface area contributed by atoms with Crippen LogP contribution in [0, 0.1) is 5.82 Å². The molecule has 0 aliphatic heterocycles. The van der Waals surface area contributed by atoms with Crippen LogP contribution in [-0.4, -0.2) is 28.9 Å². The van der Waals surface area contributed by atoms with Crippen molar-refractivity contribution in [2.45, 2.75) is 26.3 Å². The second-order valence-electron chi connectivity index (χ2n) is 5.77. The van der Waals surface area contributed by atoms with Crippen LogP contribution in [0.4, 0.5) is 4.39 Å². The lowest BCUT2D eigenvalue weighted by atomic mass is 10.2. The molecule has 0 saturated heterocycles. The lowest BCUT2D eigenvalue weighted by Gasteiger charge is -2.13. The Balaban J connectivity index is 1.77. The van der Waals surface area contributed by atoms with Crippen molar-refractivity contribution in [3.8, 4) is 11.5 Å². The van der Waals surface area contributed by atoms with E-state index in [0.29, 0.717) is 12.4 Å². The molecule has 4 aromatic heterocycles. The Bertz CT molecular complexity index is 1020. The lowest BCUT2D eigenvalue weighted by molar-refractivity contribution is 0.621. The highest BCUT2D eigenvalue weighted by molar-refractivity contribution is 5.50. The molecule has 0 aromatic carbocycles. The summed E-state index contributed by atoms with van der Waals surface area (Å²) in [7, 11) is 0. The highest BCUT2D eigenvalue weighted by Gasteiger charge is 2.15. The highest BCUT2D eigenvalue weighted by Crippen LogP contribution is 2.20. The molecule has 7 heteroatoms. The molecule has 126 valence electrons. The summed E-state index contributed by atoms with van der Waals surface area (Å²) >= 11 is 0. The molecule has 0 unspecified atom stereocenters. The first-order valence-corrected chi connectivity index (χ1v) is 8.19. The Hall–Kier alpha value is -3.09. The van der Waals surface area contributed by atoms with Crippen LogP contribution in [0.2, 0.25) is 0 Å². The minimum atomic E-state index is -0.387. The molecule has 0 N–H and O–H groups in total. The molecule has 0 bridgehead atoms. The van der Waals surface area contributed by atoms with E-state index < -0.39 is 0 Å². The van der Waals surface area contributed by atoms with Crippen molar-refractivity contribution in [1.29, 1.82) is 0 Å². The summed E-state index contributed by atoms with van der Waals surface area (Å²) in [5.74, 6) is 0.106. The molecule has 0 radical (unpaired) electrons. The van der Waals surface area contributed by atoms with Gasteiger partial charge in [-0.05, 0) is 18.6 Å². The van der Waals surface area contributed by atoms with Crippen LogP contribution in [0.1, 0.15) is 24.7 Å². The first kappa shape index (κ1) is 15.4. The normalized spacial score (nSPS) is 11.3. The molecular weight excluding hydrogens is 319 g/mol. The largest absolute Gasteiger partial charge is 0.324 e. The molecule has 0 fully saturated rings. The summed E-state index contributed by atoms with van der Waals surface area (Å²) in [5.41, 5.74) is 3.10. The van der Waals surface area contributed by atoms with Gasteiger partial charge in [-0.15, -0.1) is 0 Å². The van der Waals surface area contributed by atoms with Crippen LogP contribution in [0.25, 0.3) is 17.2 Å². The van der Waals surface area contributed by atoms with E-state index in [1.807, 2.05) is 17.0 Å². The zero-order chi connectivity index (χ0) is 17.2. The van der Waals surface area contributed by atoms with Crippen molar-refractivity contribution < 1.29 is 4.39 Å². The highest BCUT2D eigenvalue weighted by atomic mass is 19.1. The molecule has 0 atom stereocenters. The molecule has 0 saturated carbocycles. The smallest absolute Gasteiger partial charge is 0.162 e. The van der Waals surface area contributed by atoms with Crippen molar-refractivity contribution in [3.63, 3.8) is 0 Å². The molecule has 4 heterocycles. The third-order valence-electron chi connectivity index (χ3n) is 4.12. The Labute approximate surface area is 144 Å². The molecule has 6 nitrogen and oxygen atoms in total. The second kappa shape index (κ2) is 6.43. The zero-order valence-electron chi connectivity index (χ0n) is 13.8. The van der Waals surface area contributed by atoms with Crippen molar-refractivity contribution >= 4 is 5.65 Å². The first-order valence-electron chi connectivity index (χ1n) is 8.19. The third kappa shape index (κ3) is 2.77.